The van der Waals surface area contributed by atoms with Crippen LogP contribution in [0.3, 0.4) is 0 Å². The van der Waals surface area contributed by atoms with Crippen molar-refractivity contribution >= 4 is 11.3 Å². The summed E-state index contributed by atoms with van der Waals surface area (Å²) < 4.78 is 0. The maximum Gasteiger partial charge on any atom is 0.123 e. The van der Waals surface area contributed by atoms with E-state index in [1.54, 1.807) is 23.5 Å². The molecule has 1 heterocycles. The molecular weight excluding hydrogens is 218 g/mol. The first kappa shape index (κ1) is 11.1. The summed E-state index contributed by atoms with van der Waals surface area (Å²) in [5.41, 5.74) is 2.13. The molecule has 1 aromatic heterocycles. The van der Waals surface area contributed by atoms with Crippen LogP contribution in [0.4, 0.5) is 0 Å². The van der Waals surface area contributed by atoms with Gasteiger partial charge in [-0.1, -0.05) is 26.0 Å². The Labute approximate surface area is 99.6 Å². The van der Waals surface area contributed by atoms with Gasteiger partial charge in [0, 0.05) is 10.9 Å². The fourth-order valence-electron chi connectivity index (χ4n) is 1.49. The van der Waals surface area contributed by atoms with Gasteiger partial charge in [-0.25, -0.2) is 4.98 Å². The Morgan fingerprint density at radius 1 is 1.44 bits per heavy atom. The lowest BCUT2D eigenvalue weighted by molar-refractivity contribution is 0.475. The molecule has 0 bridgehead atoms. The number of phenolic OH excluding ortho intramolecular Hbond substituents is 1. The summed E-state index contributed by atoms with van der Waals surface area (Å²) in [5.74, 6) is 0.792. The molecule has 0 saturated heterocycles. The average Bonchev–Trinajstić information content (AvgIpc) is 2.77. The molecule has 0 spiro atoms. The number of aromatic hydroxyl groups is 1. The second-order valence-electron chi connectivity index (χ2n) is 3.94. The summed E-state index contributed by atoms with van der Waals surface area (Å²) in [7, 11) is 0. The van der Waals surface area contributed by atoms with Crippen LogP contribution in [-0.2, 0) is 0 Å². The van der Waals surface area contributed by atoms with Gasteiger partial charge in [-0.2, -0.15) is 0 Å². The third kappa shape index (κ3) is 2.25. The molecule has 0 radical (unpaired) electrons. The lowest BCUT2D eigenvalue weighted by Gasteiger charge is -2.02. The van der Waals surface area contributed by atoms with Gasteiger partial charge in [-0.05, 0) is 24.5 Å². The standard InChI is InChI=1S/C13H15NOS/c1-3-9(2)12-8-16-13(14-12)10-5-4-6-11(15)7-10/h4-9,15H,3H2,1-2H3. The molecule has 84 valence electrons. The first-order valence-corrected chi connectivity index (χ1v) is 6.33. The van der Waals surface area contributed by atoms with E-state index < -0.39 is 0 Å². The van der Waals surface area contributed by atoms with E-state index in [-0.39, 0.29) is 5.75 Å². The molecule has 3 heteroatoms. The van der Waals surface area contributed by atoms with Crippen LogP contribution in [0.5, 0.6) is 5.75 Å². The van der Waals surface area contributed by atoms with Gasteiger partial charge in [-0.3, -0.25) is 0 Å². The quantitative estimate of drug-likeness (QED) is 0.868. The minimum Gasteiger partial charge on any atom is -0.508 e. The van der Waals surface area contributed by atoms with Gasteiger partial charge >= 0.3 is 0 Å². The van der Waals surface area contributed by atoms with Crippen molar-refractivity contribution in [3.05, 3.63) is 35.3 Å². The van der Waals surface area contributed by atoms with E-state index in [1.807, 2.05) is 12.1 Å². The average molecular weight is 233 g/mol. The first-order valence-electron chi connectivity index (χ1n) is 5.45. The summed E-state index contributed by atoms with van der Waals surface area (Å²) in [6.07, 6.45) is 1.10. The third-order valence-corrected chi connectivity index (χ3v) is 3.64. The van der Waals surface area contributed by atoms with E-state index >= 15 is 0 Å². The number of nitrogens with zero attached hydrogens (tertiary/aromatic N) is 1. The minimum absolute atomic E-state index is 0.290. The Bertz CT molecular complexity index is 478. The number of hydrogen-bond acceptors (Lipinski definition) is 3. The number of hydrogen-bond donors (Lipinski definition) is 1. The van der Waals surface area contributed by atoms with Gasteiger partial charge in [-0.15, -0.1) is 11.3 Å². The Hall–Kier alpha value is -1.35. The number of thiazole rings is 1. The van der Waals surface area contributed by atoms with Crippen LogP contribution in [0.25, 0.3) is 10.6 Å². The molecule has 2 aromatic rings. The van der Waals surface area contributed by atoms with Crippen LogP contribution in [0.1, 0.15) is 31.9 Å². The third-order valence-electron chi connectivity index (χ3n) is 2.73. The van der Waals surface area contributed by atoms with E-state index in [0.717, 1.165) is 22.7 Å². The van der Waals surface area contributed by atoms with Crippen molar-refractivity contribution in [1.29, 1.82) is 0 Å². The Morgan fingerprint density at radius 2 is 2.25 bits per heavy atom. The van der Waals surface area contributed by atoms with Crippen molar-refractivity contribution in [2.45, 2.75) is 26.2 Å². The molecule has 2 nitrogen and oxygen atoms in total. The Morgan fingerprint density at radius 3 is 2.94 bits per heavy atom. The van der Waals surface area contributed by atoms with Gasteiger partial charge in [0.25, 0.3) is 0 Å². The predicted molar refractivity (Wildman–Crippen MR) is 67.9 cm³/mol. The summed E-state index contributed by atoms with van der Waals surface area (Å²) in [4.78, 5) is 4.60. The summed E-state index contributed by atoms with van der Waals surface area (Å²) in [5, 5.41) is 12.5. The Balaban J connectivity index is 2.31. The molecule has 2 rings (SSSR count). The zero-order valence-corrected chi connectivity index (χ0v) is 10.3. The van der Waals surface area contributed by atoms with E-state index in [9.17, 15) is 5.11 Å². The summed E-state index contributed by atoms with van der Waals surface area (Å²) >= 11 is 1.63. The van der Waals surface area contributed by atoms with Gasteiger partial charge in [0.1, 0.15) is 10.8 Å². The SMILES string of the molecule is CCC(C)c1csc(-c2cccc(O)c2)n1. The molecule has 1 atom stereocenters. The van der Waals surface area contributed by atoms with Crippen molar-refractivity contribution in [2.75, 3.05) is 0 Å². The topological polar surface area (TPSA) is 33.1 Å². The monoisotopic (exact) mass is 233 g/mol. The highest BCUT2D eigenvalue weighted by Crippen LogP contribution is 2.29. The highest BCUT2D eigenvalue weighted by molar-refractivity contribution is 7.13. The van der Waals surface area contributed by atoms with Crippen LogP contribution >= 0.6 is 11.3 Å². The molecule has 1 N–H and O–H groups in total. The van der Waals surface area contributed by atoms with E-state index in [0.29, 0.717) is 5.92 Å². The minimum atomic E-state index is 0.290. The van der Waals surface area contributed by atoms with Crippen molar-refractivity contribution in [1.82, 2.24) is 4.98 Å². The normalized spacial score (nSPS) is 12.6. The van der Waals surface area contributed by atoms with Crippen LogP contribution in [0, 0.1) is 0 Å². The smallest absolute Gasteiger partial charge is 0.123 e. The highest BCUT2D eigenvalue weighted by Gasteiger charge is 2.09. The van der Waals surface area contributed by atoms with Gasteiger partial charge in [0.05, 0.1) is 5.69 Å². The molecule has 1 unspecified atom stereocenters. The number of aromatic nitrogens is 1. The lowest BCUT2D eigenvalue weighted by Crippen LogP contribution is -1.90. The van der Waals surface area contributed by atoms with Crippen molar-refractivity contribution in [3.8, 4) is 16.3 Å². The molecule has 0 saturated carbocycles. The summed E-state index contributed by atoms with van der Waals surface area (Å²) in [6.45, 7) is 4.35. The van der Waals surface area contributed by atoms with Crippen molar-refractivity contribution in [2.24, 2.45) is 0 Å². The van der Waals surface area contributed by atoms with E-state index in [1.165, 1.54) is 0 Å². The number of rotatable bonds is 3. The van der Waals surface area contributed by atoms with E-state index in [4.69, 9.17) is 0 Å². The molecule has 0 aliphatic heterocycles. The largest absolute Gasteiger partial charge is 0.508 e. The second kappa shape index (κ2) is 4.66. The zero-order chi connectivity index (χ0) is 11.5. The van der Waals surface area contributed by atoms with Crippen LogP contribution < -0.4 is 0 Å². The van der Waals surface area contributed by atoms with Gasteiger partial charge in [0.15, 0.2) is 0 Å². The fourth-order valence-corrected chi connectivity index (χ4v) is 2.43. The molecule has 0 aliphatic carbocycles. The number of phenols is 1. The molecular formula is C13H15NOS. The lowest BCUT2D eigenvalue weighted by atomic mass is 10.1. The van der Waals surface area contributed by atoms with E-state index in [2.05, 4.69) is 24.2 Å². The summed E-state index contributed by atoms with van der Waals surface area (Å²) in [6, 6.07) is 7.24. The predicted octanol–water partition coefficient (Wildman–Crippen LogP) is 4.03. The van der Waals surface area contributed by atoms with Gasteiger partial charge in [0.2, 0.25) is 0 Å². The fraction of sp³-hybridized carbons (Fsp3) is 0.308. The van der Waals surface area contributed by atoms with Crippen LogP contribution in [-0.4, -0.2) is 10.1 Å². The Kier molecular flexibility index (Phi) is 3.25. The maximum absolute atomic E-state index is 9.41. The maximum atomic E-state index is 9.41. The molecule has 0 aliphatic rings. The molecule has 16 heavy (non-hydrogen) atoms. The van der Waals surface area contributed by atoms with Crippen LogP contribution in [0.2, 0.25) is 0 Å². The van der Waals surface area contributed by atoms with Crippen molar-refractivity contribution in [3.63, 3.8) is 0 Å². The zero-order valence-electron chi connectivity index (χ0n) is 9.47. The first-order chi connectivity index (χ1) is 7.70. The number of benzene rings is 1. The molecule has 0 amide bonds. The molecule has 1 aromatic carbocycles. The van der Waals surface area contributed by atoms with Gasteiger partial charge < -0.3 is 5.11 Å². The highest BCUT2D eigenvalue weighted by atomic mass is 32.1. The van der Waals surface area contributed by atoms with Crippen molar-refractivity contribution < 1.29 is 5.11 Å². The molecule has 0 fully saturated rings. The second-order valence-corrected chi connectivity index (χ2v) is 4.80. The van der Waals surface area contributed by atoms with Crippen LogP contribution in [0.15, 0.2) is 29.6 Å².